The van der Waals surface area contributed by atoms with Gasteiger partial charge < -0.3 is 15.5 Å². The van der Waals surface area contributed by atoms with Crippen molar-refractivity contribution >= 4 is 11.8 Å². The van der Waals surface area contributed by atoms with Crippen LogP contribution in [0.5, 0.6) is 0 Å². The number of aliphatic hydroxyl groups excluding tert-OH is 2. The van der Waals surface area contributed by atoms with Crippen molar-refractivity contribution in [3.8, 4) is 0 Å². The zero-order chi connectivity index (χ0) is 14.4. The molecule has 0 bridgehead atoms. The van der Waals surface area contributed by atoms with Crippen LogP contribution in [0.2, 0.25) is 0 Å². The second kappa shape index (κ2) is 7.90. The van der Waals surface area contributed by atoms with E-state index >= 15 is 0 Å². The second-order valence-corrected chi connectivity index (χ2v) is 6.10. The van der Waals surface area contributed by atoms with Crippen LogP contribution in [0.3, 0.4) is 0 Å². The van der Waals surface area contributed by atoms with E-state index in [0.29, 0.717) is 5.75 Å². The maximum atomic E-state index is 9.37. The summed E-state index contributed by atoms with van der Waals surface area (Å²) < 4.78 is 0. The Hall–Kier alpha value is -0.550. The normalized spacial score (nSPS) is 14.4. The standard InChI is InChI=1S/C15H25NO2S/c1-10-5-11(2)15(12(3)6-10)14(16-4)9-19-8-13(18)7-17/h5-6,13-14,16-18H,7-9H2,1-4H3. The molecule has 0 radical (unpaired) electrons. The smallest absolute Gasteiger partial charge is 0.0861 e. The molecular formula is C15H25NO2S. The number of hydrogen-bond donors (Lipinski definition) is 3. The van der Waals surface area contributed by atoms with Crippen LogP contribution in [-0.2, 0) is 0 Å². The Morgan fingerprint density at radius 3 is 2.21 bits per heavy atom. The van der Waals surface area contributed by atoms with Crippen LogP contribution < -0.4 is 5.32 Å². The van der Waals surface area contributed by atoms with Gasteiger partial charge >= 0.3 is 0 Å². The van der Waals surface area contributed by atoms with Crippen molar-refractivity contribution < 1.29 is 10.2 Å². The van der Waals surface area contributed by atoms with Gasteiger partial charge in [-0.3, -0.25) is 0 Å². The Labute approximate surface area is 120 Å². The van der Waals surface area contributed by atoms with Crippen LogP contribution in [0, 0.1) is 20.8 Å². The van der Waals surface area contributed by atoms with E-state index < -0.39 is 6.10 Å². The van der Waals surface area contributed by atoms with Gasteiger partial charge in [-0.05, 0) is 44.5 Å². The zero-order valence-corrected chi connectivity index (χ0v) is 13.0. The maximum absolute atomic E-state index is 9.37. The highest BCUT2D eigenvalue weighted by Crippen LogP contribution is 2.26. The van der Waals surface area contributed by atoms with Crippen LogP contribution in [0.1, 0.15) is 28.3 Å². The molecule has 2 atom stereocenters. The van der Waals surface area contributed by atoms with Crippen molar-refractivity contribution in [2.75, 3.05) is 25.2 Å². The third-order valence-electron chi connectivity index (χ3n) is 3.24. The van der Waals surface area contributed by atoms with Crippen LogP contribution in [0.4, 0.5) is 0 Å². The number of aliphatic hydroxyl groups is 2. The number of benzene rings is 1. The molecule has 0 aliphatic carbocycles. The predicted molar refractivity (Wildman–Crippen MR) is 82.9 cm³/mol. The molecule has 4 heteroatoms. The molecule has 2 unspecified atom stereocenters. The predicted octanol–water partition coefficient (Wildman–Crippen LogP) is 1.96. The van der Waals surface area contributed by atoms with Gasteiger partial charge in [-0.25, -0.2) is 0 Å². The van der Waals surface area contributed by atoms with E-state index in [9.17, 15) is 5.11 Å². The van der Waals surface area contributed by atoms with E-state index in [2.05, 4.69) is 38.2 Å². The first-order chi connectivity index (χ1) is 8.99. The first-order valence-electron chi connectivity index (χ1n) is 6.61. The lowest BCUT2D eigenvalue weighted by atomic mass is 9.95. The largest absolute Gasteiger partial charge is 0.394 e. The third-order valence-corrected chi connectivity index (χ3v) is 4.43. The highest BCUT2D eigenvalue weighted by atomic mass is 32.2. The van der Waals surface area contributed by atoms with Gasteiger partial charge in [-0.15, -0.1) is 0 Å². The maximum Gasteiger partial charge on any atom is 0.0861 e. The Bertz CT molecular complexity index is 386. The topological polar surface area (TPSA) is 52.5 Å². The summed E-state index contributed by atoms with van der Waals surface area (Å²) in [4.78, 5) is 0. The molecule has 0 spiro atoms. The number of nitrogens with one attached hydrogen (secondary N) is 1. The highest BCUT2D eigenvalue weighted by molar-refractivity contribution is 7.99. The van der Waals surface area contributed by atoms with Crippen molar-refractivity contribution in [3.63, 3.8) is 0 Å². The van der Waals surface area contributed by atoms with Crippen LogP contribution in [0.15, 0.2) is 12.1 Å². The summed E-state index contributed by atoms with van der Waals surface area (Å²) >= 11 is 1.66. The third kappa shape index (κ3) is 4.80. The fourth-order valence-corrected chi connectivity index (χ4v) is 3.51. The van der Waals surface area contributed by atoms with E-state index in [4.69, 9.17) is 5.11 Å². The van der Waals surface area contributed by atoms with Gasteiger partial charge in [0.2, 0.25) is 0 Å². The SMILES string of the molecule is CNC(CSCC(O)CO)c1c(C)cc(C)cc1C. The lowest BCUT2D eigenvalue weighted by Gasteiger charge is -2.22. The summed E-state index contributed by atoms with van der Waals surface area (Å²) in [6.45, 7) is 6.24. The van der Waals surface area contributed by atoms with E-state index in [-0.39, 0.29) is 12.6 Å². The molecule has 0 aromatic heterocycles. The molecule has 3 N–H and O–H groups in total. The van der Waals surface area contributed by atoms with Crippen molar-refractivity contribution in [1.82, 2.24) is 5.32 Å². The molecule has 19 heavy (non-hydrogen) atoms. The van der Waals surface area contributed by atoms with Crippen LogP contribution in [-0.4, -0.2) is 41.5 Å². The summed E-state index contributed by atoms with van der Waals surface area (Å²) in [6, 6.07) is 4.69. The molecule has 108 valence electrons. The number of aryl methyl sites for hydroxylation is 3. The van der Waals surface area contributed by atoms with Gasteiger partial charge in [0, 0.05) is 17.5 Å². The van der Waals surface area contributed by atoms with Gasteiger partial charge in [-0.1, -0.05) is 17.7 Å². The monoisotopic (exact) mass is 283 g/mol. The molecule has 1 aromatic carbocycles. The van der Waals surface area contributed by atoms with E-state index in [0.717, 1.165) is 5.75 Å². The molecule has 1 rings (SSSR count). The fraction of sp³-hybridized carbons (Fsp3) is 0.600. The lowest BCUT2D eigenvalue weighted by Crippen LogP contribution is -2.23. The minimum Gasteiger partial charge on any atom is -0.394 e. The van der Waals surface area contributed by atoms with Crippen LogP contribution in [0.25, 0.3) is 0 Å². The molecule has 0 aliphatic rings. The molecule has 0 amide bonds. The molecule has 0 saturated carbocycles. The van der Waals surface area contributed by atoms with Gasteiger partial charge in [0.15, 0.2) is 0 Å². The summed E-state index contributed by atoms with van der Waals surface area (Å²) in [6.07, 6.45) is -0.622. The van der Waals surface area contributed by atoms with Crippen molar-refractivity contribution in [3.05, 3.63) is 34.4 Å². The summed E-state index contributed by atoms with van der Waals surface area (Å²) in [7, 11) is 1.96. The number of hydrogen-bond acceptors (Lipinski definition) is 4. The summed E-state index contributed by atoms with van der Waals surface area (Å²) in [5.41, 5.74) is 5.25. The average Bonchev–Trinajstić information content (AvgIpc) is 2.35. The van der Waals surface area contributed by atoms with E-state index in [1.807, 2.05) is 7.05 Å². The zero-order valence-electron chi connectivity index (χ0n) is 12.2. The summed E-state index contributed by atoms with van der Waals surface area (Å²) in [5.74, 6) is 1.46. The van der Waals surface area contributed by atoms with Crippen molar-refractivity contribution in [2.24, 2.45) is 0 Å². The molecule has 0 heterocycles. The first kappa shape index (κ1) is 16.5. The summed E-state index contributed by atoms with van der Waals surface area (Å²) in [5, 5.41) is 21.5. The Morgan fingerprint density at radius 2 is 1.74 bits per heavy atom. The molecular weight excluding hydrogens is 258 g/mol. The average molecular weight is 283 g/mol. The first-order valence-corrected chi connectivity index (χ1v) is 7.76. The fourth-order valence-electron chi connectivity index (χ4n) is 2.43. The lowest BCUT2D eigenvalue weighted by molar-refractivity contribution is 0.113. The van der Waals surface area contributed by atoms with Gasteiger partial charge in [0.05, 0.1) is 12.7 Å². The van der Waals surface area contributed by atoms with Crippen molar-refractivity contribution in [2.45, 2.75) is 32.9 Å². The second-order valence-electron chi connectivity index (χ2n) is 5.03. The van der Waals surface area contributed by atoms with E-state index in [1.54, 1.807) is 11.8 Å². The molecule has 0 saturated heterocycles. The highest BCUT2D eigenvalue weighted by Gasteiger charge is 2.15. The van der Waals surface area contributed by atoms with Gasteiger partial charge in [-0.2, -0.15) is 11.8 Å². The minimum absolute atomic E-state index is 0.167. The quantitative estimate of drug-likeness (QED) is 0.716. The molecule has 1 aromatic rings. The number of thioether (sulfide) groups is 1. The van der Waals surface area contributed by atoms with Gasteiger partial charge in [0.25, 0.3) is 0 Å². The number of rotatable bonds is 7. The van der Waals surface area contributed by atoms with Gasteiger partial charge in [0.1, 0.15) is 0 Å². The Kier molecular flexibility index (Phi) is 6.86. The molecule has 3 nitrogen and oxygen atoms in total. The minimum atomic E-state index is -0.622. The van der Waals surface area contributed by atoms with Crippen LogP contribution >= 0.6 is 11.8 Å². The molecule has 0 fully saturated rings. The van der Waals surface area contributed by atoms with E-state index in [1.165, 1.54) is 22.3 Å². The Balaban J connectivity index is 2.75. The Morgan fingerprint density at radius 1 is 1.16 bits per heavy atom. The molecule has 0 aliphatic heterocycles. The van der Waals surface area contributed by atoms with Crippen molar-refractivity contribution in [1.29, 1.82) is 0 Å².